The van der Waals surface area contributed by atoms with Crippen molar-refractivity contribution in [3.8, 4) is 5.75 Å². The van der Waals surface area contributed by atoms with Crippen LogP contribution in [0.2, 0.25) is 0 Å². The topological polar surface area (TPSA) is 43.4 Å². The molecule has 1 aromatic rings. The Morgan fingerprint density at radius 3 is 2.93 bits per heavy atom. The van der Waals surface area contributed by atoms with E-state index in [2.05, 4.69) is 0 Å². The maximum Gasteiger partial charge on any atom is 0.236 e. The first-order valence-corrected chi connectivity index (χ1v) is 7.19. The number of hydrogen-bond acceptors (Lipinski definition) is 3. The molecule has 1 heterocycles. The molecule has 82 valence electrons. The number of rotatable bonds is 2. The van der Waals surface area contributed by atoms with Crippen LogP contribution in [0.4, 0.5) is 0 Å². The highest BCUT2D eigenvalue weighted by molar-refractivity contribution is 8.13. The van der Waals surface area contributed by atoms with Gasteiger partial charge in [0.2, 0.25) is 9.05 Å². The zero-order valence-electron chi connectivity index (χ0n) is 8.07. The van der Waals surface area contributed by atoms with Crippen LogP contribution in [-0.4, -0.2) is 15.0 Å². The van der Waals surface area contributed by atoms with Crippen LogP contribution < -0.4 is 4.74 Å². The Hall–Kier alpha value is -0.740. The van der Waals surface area contributed by atoms with Gasteiger partial charge < -0.3 is 4.74 Å². The van der Waals surface area contributed by atoms with Crippen LogP contribution in [0.1, 0.15) is 17.5 Å². The first kappa shape index (κ1) is 10.8. The standard InChI is InChI=1S/C10H11ClO3S/c11-15(12,13)7-8-3-4-9-2-1-5-14-10(9)6-8/h3-4,6H,1-2,5,7H2. The second-order valence-corrected chi connectivity index (χ2v) is 6.35. The molecule has 1 aliphatic rings. The molecular formula is C10H11ClO3S. The van der Waals surface area contributed by atoms with Crippen molar-refractivity contribution in [2.45, 2.75) is 18.6 Å². The molecule has 0 fully saturated rings. The molecule has 0 saturated heterocycles. The minimum Gasteiger partial charge on any atom is -0.493 e. The van der Waals surface area contributed by atoms with Gasteiger partial charge in [-0.1, -0.05) is 12.1 Å². The molecular weight excluding hydrogens is 236 g/mol. The molecule has 15 heavy (non-hydrogen) atoms. The molecule has 0 atom stereocenters. The molecule has 0 bridgehead atoms. The van der Waals surface area contributed by atoms with E-state index in [1.807, 2.05) is 6.07 Å². The summed E-state index contributed by atoms with van der Waals surface area (Å²) in [4.78, 5) is 0. The van der Waals surface area contributed by atoms with Gasteiger partial charge in [0.25, 0.3) is 0 Å². The SMILES string of the molecule is O=S(=O)(Cl)Cc1ccc2c(c1)OCCC2. The van der Waals surface area contributed by atoms with E-state index < -0.39 is 9.05 Å². The lowest BCUT2D eigenvalue weighted by Gasteiger charge is -2.17. The molecule has 5 heteroatoms. The maximum absolute atomic E-state index is 10.9. The van der Waals surface area contributed by atoms with E-state index in [1.165, 1.54) is 0 Å². The molecule has 3 nitrogen and oxygen atoms in total. The normalized spacial score (nSPS) is 15.5. The highest BCUT2D eigenvalue weighted by Gasteiger charge is 2.13. The van der Waals surface area contributed by atoms with Gasteiger partial charge in [0.1, 0.15) is 5.75 Å². The fourth-order valence-electron chi connectivity index (χ4n) is 1.67. The van der Waals surface area contributed by atoms with Crippen LogP contribution in [0.3, 0.4) is 0 Å². The number of ether oxygens (including phenoxy) is 1. The molecule has 0 aromatic heterocycles. The van der Waals surface area contributed by atoms with Gasteiger partial charge >= 0.3 is 0 Å². The lowest BCUT2D eigenvalue weighted by Crippen LogP contribution is -2.08. The summed E-state index contributed by atoms with van der Waals surface area (Å²) in [7, 11) is 1.70. The Morgan fingerprint density at radius 1 is 1.40 bits per heavy atom. The van der Waals surface area contributed by atoms with E-state index in [9.17, 15) is 8.42 Å². The summed E-state index contributed by atoms with van der Waals surface area (Å²) < 4.78 is 27.2. The van der Waals surface area contributed by atoms with Crippen LogP contribution in [0.5, 0.6) is 5.75 Å². The van der Waals surface area contributed by atoms with Gasteiger partial charge in [-0.2, -0.15) is 0 Å². The summed E-state index contributed by atoms with van der Waals surface area (Å²) in [6.45, 7) is 0.698. The number of fused-ring (bicyclic) bond motifs is 1. The summed E-state index contributed by atoms with van der Waals surface area (Å²) in [5.74, 6) is 0.643. The molecule has 0 amide bonds. The third kappa shape index (κ3) is 2.86. The lowest BCUT2D eigenvalue weighted by atomic mass is 10.0. The molecule has 0 aliphatic carbocycles. The van der Waals surface area contributed by atoms with Gasteiger partial charge in [-0.25, -0.2) is 8.42 Å². The van der Waals surface area contributed by atoms with Crippen molar-refractivity contribution in [2.24, 2.45) is 0 Å². The van der Waals surface area contributed by atoms with E-state index in [1.54, 1.807) is 12.1 Å². The smallest absolute Gasteiger partial charge is 0.236 e. The Balaban J connectivity index is 2.28. The van der Waals surface area contributed by atoms with Gasteiger partial charge in [0, 0.05) is 10.7 Å². The summed E-state index contributed by atoms with van der Waals surface area (Å²) in [6, 6.07) is 5.45. The Labute approximate surface area is 93.4 Å². The van der Waals surface area contributed by atoms with Crippen molar-refractivity contribution in [1.82, 2.24) is 0 Å². The van der Waals surface area contributed by atoms with Crippen molar-refractivity contribution in [1.29, 1.82) is 0 Å². The molecule has 0 N–H and O–H groups in total. The van der Waals surface area contributed by atoms with Crippen molar-refractivity contribution in [3.63, 3.8) is 0 Å². The summed E-state index contributed by atoms with van der Waals surface area (Å²) in [6.07, 6.45) is 2.00. The Kier molecular flexibility index (Phi) is 2.89. The molecule has 0 radical (unpaired) electrons. The number of aryl methyl sites for hydroxylation is 1. The van der Waals surface area contributed by atoms with Gasteiger partial charge in [0.05, 0.1) is 12.4 Å². The summed E-state index contributed by atoms with van der Waals surface area (Å²) in [5.41, 5.74) is 1.81. The van der Waals surface area contributed by atoms with Crippen LogP contribution in [0, 0.1) is 0 Å². The van der Waals surface area contributed by atoms with E-state index in [0.29, 0.717) is 12.2 Å². The second-order valence-electron chi connectivity index (χ2n) is 3.58. The number of benzene rings is 1. The van der Waals surface area contributed by atoms with E-state index in [4.69, 9.17) is 15.4 Å². The molecule has 2 rings (SSSR count). The predicted molar refractivity (Wildman–Crippen MR) is 58.7 cm³/mol. The quantitative estimate of drug-likeness (QED) is 0.751. The summed E-state index contributed by atoms with van der Waals surface area (Å²) >= 11 is 0. The lowest BCUT2D eigenvalue weighted by molar-refractivity contribution is 0.288. The molecule has 0 saturated carbocycles. The largest absolute Gasteiger partial charge is 0.493 e. The Bertz CT molecular complexity index is 468. The van der Waals surface area contributed by atoms with Crippen LogP contribution in [0.15, 0.2) is 18.2 Å². The van der Waals surface area contributed by atoms with Crippen LogP contribution >= 0.6 is 10.7 Å². The molecule has 0 spiro atoms. The zero-order valence-corrected chi connectivity index (χ0v) is 9.64. The average Bonchev–Trinajstić information content (AvgIpc) is 2.15. The first-order chi connectivity index (χ1) is 7.04. The highest BCUT2D eigenvalue weighted by atomic mass is 35.7. The first-order valence-electron chi connectivity index (χ1n) is 4.71. The third-order valence-electron chi connectivity index (χ3n) is 2.32. The van der Waals surface area contributed by atoms with Crippen LogP contribution in [0.25, 0.3) is 0 Å². The van der Waals surface area contributed by atoms with Gasteiger partial charge in [-0.05, 0) is 30.0 Å². The predicted octanol–water partition coefficient (Wildman–Crippen LogP) is 2.08. The zero-order chi connectivity index (χ0) is 10.9. The van der Waals surface area contributed by atoms with E-state index in [-0.39, 0.29) is 5.75 Å². The van der Waals surface area contributed by atoms with E-state index >= 15 is 0 Å². The molecule has 1 aromatic carbocycles. The van der Waals surface area contributed by atoms with Gasteiger partial charge in [0.15, 0.2) is 0 Å². The van der Waals surface area contributed by atoms with Crippen molar-refractivity contribution in [2.75, 3.05) is 6.61 Å². The minimum atomic E-state index is -3.49. The van der Waals surface area contributed by atoms with Crippen LogP contribution in [-0.2, 0) is 21.2 Å². The Morgan fingerprint density at radius 2 is 2.20 bits per heavy atom. The second kappa shape index (κ2) is 4.02. The highest BCUT2D eigenvalue weighted by Crippen LogP contribution is 2.26. The molecule has 1 aliphatic heterocycles. The van der Waals surface area contributed by atoms with Gasteiger partial charge in [-0.3, -0.25) is 0 Å². The number of hydrogen-bond donors (Lipinski definition) is 0. The number of halogens is 1. The fraction of sp³-hybridized carbons (Fsp3) is 0.400. The maximum atomic E-state index is 10.9. The van der Waals surface area contributed by atoms with Crippen molar-refractivity contribution >= 4 is 19.7 Å². The third-order valence-corrected chi connectivity index (χ3v) is 3.32. The van der Waals surface area contributed by atoms with E-state index in [0.717, 1.165) is 24.2 Å². The van der Waals surface area contributed by atoms with Crippen molar-refractivity contribution in [3.05, 3.63) is 29.3 Å². The van der Waals surface area contributed by atoms with Gasteiger partial charge in [-0.15, -0.1) is 0 Å². The molecule has 0 unspecified atom stereocenters. The fourth-order valence-corrected chi connectivity index (χ4v) is 2.63. The van der Waals surface area contributed by atoms with Crippen molar-refractivity contribution < 1.29 is 13.2 Å². The minimum absolute atomic E-state index is 0.148. The average molecular weight is 247 g/mol. The monoisotopic (exact) mass is 246 g/mol. The summed E-state index contributed by atoms with van der Waals surface area (Å²) in [5, 5.41) is 0.